The lowest BCUT2D eigenvalue weighted by Gasteiger charge is -2.53. The molecule has 1 atom stereocenters. The fourth-order valence-electron chi connectivity index (χ4n) is 5.60. The van der Waals surface area contributed by atoms with Crippen LogP contribution in [0.5, 0.6) is 5.75 Å². The number of nitrogens with two attached hydrogens (primary N) is 1. The minimum absolute atomic E-state index is 0.154. The average molecular weight is 417 g/mol. The van der Waals surface area contributed by atoms with Crippen molar-refractivity contribution < 1.29 is 18.7 Å². The molecule has 0 spiro atoms. The van der Waals surface area contributed by atoms with Gasteiger partial charge in [-0.1, -0.05) is 12.1 Å². The number of benzene rings is 1. The first-order valence-electron chi connectivity index (χ1n) is 11.1. The van der Waals surface area contributed by atoms with Crippen molar-refractivity contribution >= 4 is 5.91 Å². The molecule has 2 N–H and O–H groups in total. The van der Waals surface area contributed by atoms with Gasteiger partial charge in [-0.15, -0.1) is 0 Å². The summed E-state index contributed by atoms with van der Waals surface area (Å²) in [5.74, 6) is 1.08. The number of carbonyl (C=O) groups excluding carboxylic acids is 1. The zero-order valence-corrected chi connectivity index (χ0v) is 17.9. The van der Waals surface area contributed by atoms with E-state index < -0.39 is 0 Å². The summed E-state index contributed by atoms with van der Waals surface area (Å²) in [7, 11) is 1.73. The van der Waals surface area contributed by atoms with Gasteiger partial charge in [0.15, 0.2) is 0 Å². The molecule has 1 amide bonds. The van der Waals surface area contributed by atoms with Crippen molar-refractivity contribution in [1.82, 2.24) is 4.90 Å². The number of ether oxygens (including phenoxy) is 2. The molecule has 0 radical (unpaired) electrons. The molecule has 1 aromatic rings. The quantitative estimate of drug-likeness (QED) is 0.736. The van der Waals surface area contributed by atoms with E-state index in [1.54, 1.807) is 7.11 Å². The molecule has 1 aromatic carbocycles. The molecule has 3 aliphatic carbocycles. The van der Waals surface area contributed by atoms with E-state index in [1.165, 1.54) is 5.56 Å². The highest BCUT2D eigenvalue weighted by Gasteiger charge is 2.54. The highest BCUT2D eigenvalue weighted by molar-refractivity contribution is 5.83. The minimum atomic E-state index is -0.162. The van der Waals surface area contributed by atoms with Crippen LogP contribution in [0.3, 0.4) is 0 Å². The van der Waals surface area contributed by atoms with Crippen LogP contribution in [0.25, 0.3) is 0 Å². The van der Waals surface area contributed by atoms with Crippen molar-refractivity contribution in [2.45, 2.75) is 56.5 Å². The second-order valence-corrected chi connectivity index (χ2v) is 9.24. The molecule has 1 saturated heterocycles. The van der Waals surface area contributed by atoms with Gasteiger partial charge in [0, 0.05) is 37.7 Å². The molecule has 164 valence electrons. The molecule has 30 heavy (non-hydrogen) atoms. The maximum absolute atomic E-state index is 13.3. The lowest BCUT2D eigenvalue weighted by atomic mass is 9.51. The Labute approximate surface area is 178 Å². The summed E-state index contributed by atoms with van der Waals surface area (Å²) in [5.41, 5.74) is 7.25. The number of nitrogens with zero attached hydrogens (tertiary/aromatic N) is 1. The lowest BCUT2D eigenvalue weighted by Crippen LogP contribution is -2.52. The van der Waals surface area contributed by atoms with Crippen molar-refractivity contribution in [2.75, 3.05) is 33.4 Å². The summed E-state index contributed by atoms with van der Waals surface area (Å²) in [6, 6.07) is 8.21. The van der Waals surface area contributed by atoms with Crippen LogP contribution in [0.2, 0.25) is 0 Å². The van der Waals surface area contributed by atoms with E-state index in [-0.39, 0.29) is 30.1 Å². The summed E-state index contributed by atoms with van der Waals surface area (Å²) in [5, 5.41) is 0. The van der Waals surface area contributed by atoms with E-state index in [0.29, 0.717) is 17.8 Å². The van der Waals surface area contributed by atoms with Gasteiger partial charge < -0.3 is 20.1 Å². The topological polar surface area (TPSA) is 64.8 Å². The Kier molecular flexibility index (Phi) is 6.16. The summed E-state index contributed by atoms with van der Waals surface area (Å²) < 4.78 is 23.7. The molecule has 1 heterocycles. The molecule has 3 saturated carbocycles. The molecule has 6 heteroatoms. The Morgan fingerprint density at radius 2 is 1.87 bits per heavy atom. The third-order valence-electron chi connectivity index (χ3n) is 7.77. The van der Waals surface area contributed by atoms with E-state index in [9.17, 15) is 9.18 Å². The monoisotopic (exact) mass is 416 g/mol. The number of amides is 1. The van der Waals surface area contributed by atoms with E-state index in [1.807, 2.05) is 17.0 Å². The third-order valence-corrected chi connectivity index (χ3v) is 7.77. The van der Waals surface area contributed by atoms with Crippen molar-refractivity contribution in [3.05, 3.63) is 41.7 Å². The van der Waals surface area contributed by atoms with Crippen LogP contribution in [-0.2, 0) is 14.9 Å². The van der Waals surface area contributed by atoms with Gasteiger partial charge in [0.1, 0.15) is 12.4 Å². The number of halogens is 1. The van der Waals surface area contributed by atoms with E-state index >= 15 is 0 Å². The van der Waals surface area contributed by atoms with Gasteiger partial charge in [-0.05, 0) is 68.1 Å². The number of rotatable bonds is 7. The Bertz CT molecular complexity index is 768. The van der Waals surface area contributed by atoms with Crippen molar-refractivity contribution in [1.29, 1.82) is 0 Å². The molecular formula is C24H33FN2O3. The van der Waals surface area contributed by atoms with Crippen LogP contribution in [0.4, 0.5) is 4.39 Å². The van der Waals surface area contributed by atoms with Crippen molar-refractivity contribution in [2.24, 2.45) is 11.1 Å². The minimum Gasteiger partial charge on any atom is -0.489 e. The van der Waals surface area contributed by atoms with Gasteiger partial charge >= 0.3 is 0 Å². The van der Waals surface area contributed by atoms with Gasteiger partial charge in [0.25, 0.3) is 0 Å². The van der Waals surface area contributed by atoms with Gasteiger partial charge in [-0.2, -0.15) is 0 Å². The molecule has 5 rings (SSSR count). The van der Waals surface area contributed by atoms with E-state index in [4.69, 9.17) is 15.2 Å². The fraction of sp³-hybridized carbons (Fsp3) is 0.625. The van der Waals surface area contributed by atoms with Crippen LogP contribution in [0.1, 0.15) is 50.5 Å². The molecule has 0 aromatic heterocycles. The number of likely N-dealkylation sites (tertiary alicyclic amines) is 1. The number of methoxy groups -OCH3 is 1. The largest absolute Gasteiger partial charge is 0.489 e. The molecule has 4 fully saturated rings. The molecule has 1 aliphatic heterocycles. The zero-order valence-electron chi connectivity index (χ0n) is 17.9. The molecular weight excluding hydrogens is 383 g/mol. The van der Waals surface area contributed by atoms with Crippen LogP contribution >= 0.6 is 0 Å². The van der Waals surface area contributed by atoms with Crippen LogP contribution in [0, 0.1) is 5.41 Å². The first-order chi connectivity index (χ1) is 14.5. The Balaban J connectivity index is 1.38. The van der Waals surface area contributed by atoms with Crippen LogP contribution in [-0.4, -0.2) is 50.3 Å². The van der Waals surface area contributed by atoms with Crippen LogP contribution < -0.4 is 10.5 Å². The number of hydrogen-bond donors (Lipinski definition) is 1. The van der Waals surface area contributed by atoms with E-state index in [2.05, 4.69) is 12.1 Å². The SMILES string of the molecule is COC1CCN(C(=O)C23CCC(c4ccc(OCC(=CF)CN)cc4)(CC2)CC3)C1. The maximum Gasteiger partial charge on any atom is 0.228 e. The smallest absolute Gasteiger partial charge is 0.228 e. The summed E-state index contributed by atoms with van der Waals surface area (Å²) in [6.07, 6.45) is 7.75. The predicted molar refractivity (Wildman–Crippen MR) is 114 cm³/mol. The number of carbonyl (C=O) groups is 1. The number of fused-ring (bicyclic) bond motifs is 3. The van der Waals surface area contributed by atoms with Gasteiger partial charge in [0.2, 0.25) is 5.91 Å². The van der Waals surface area contributed by atoms with Crippen LogP contribution in [0.15, 0.2) is 36.2 Å². The highest BCUT2D eigenvalue weighted by Crippen LogP contribution is 2.58. The standard InChI is InChI=1S/C24H33FN2O3/c1-29-21-6-13-27(16-21)22(28)24-10-7-23(8-11-24,9-12-24)19-2-4-20(5-3-19)30-17-18(14-25)15-26/h2-5,14,21H,6-13,15-17,26H2,1H3. The second-order valence-electron chi connectivity index (χ2n) is 9.24. The lowest BCUT2D eigenvalue weighted by molar-refractivity contribution is -0.148. The van der Waals surface area contributed by atoms with Gasteiger partial charge in [-0.3, -0.25) is 4.79 Å². The zero-order chi connectivity index (χ0) is 21.2. The summed E-state index contributed by atoms with van der Waals surface area (Å²) in [6.45, 7) is 1.90. The molecule has 4 aliphatic rings. The Morgan fingerprint density at radius 3 is 2.40 bits per heavy atom. The van der Waals surface area contributed by atoms with Gasteiger partial charge in [0.05, 0.1) is 12.4 Å². The van der Waals surface area contributed by atoms with Gasteiger partial charge in [-0.25, -0.2) is 4.39 Å². The molecule has 2 bridgehead atoms. The maximum atomic E-state index is 13.3. The van der Waals surface area contributed by atoms with Crippen molar-refractivity contribution in [3.8, 4) is 5.75 Å². The van der Waals surface area contributed by atoms with E-state index in [0.717, 1.165) is 63.8 Å². The normalized spacial score (nSPS) is 31.2. The summed E-state index contributed by atoms with van der Waals surface area (Å²) >= 11 is 0. The summed E-state index contributed by atoms with van der Waals surface area (Å²) in [4.78, 5) is 15.4. The van der Waals surface area contributed by atoms with Crippen molar-refractivity contribution in [3.63, 3.8) is 0 Å². The fourth-order valence-corrected chi connectivity index (χ4v) is 5.60. The second kappa shape index (κ2) is 8.67. The highest BCUT2D eigenvalue weighted by atomic mass is 19.1. The Morgan fingerprint density at radius 1 is 1.20 bits per heavy atom. The predicted octanol–water partition coefficient (Wildman–Crippen LogP) is 3.72. The molecule has 5 nitrogen and oxygen atoms in total. The Hall–Kier alpha value is -1.92. The first-order valence-corrected chi connectivity index (χ1v) is 11.1. The average Bonchev–Trinajstić information content (AvgIpc) is 3.30. The molecule has 1 unspecified atom stereocenters. The third kappa shape index (κ3) is 3.87. The first kappa shape index (κ1) is 21.3. The number of hydrogen-bond acceptors (Lipinski definition) is 4.